The molecule has 0 radical (unpaired) electrons. The number of para-hydroxylation sites is 2. The van der Waals surface area contributed by atoms with E-state index in [-0.39, 0.29) is 39.3 Å². The lowest BCUT2D eigenvalue weighted by molar-refractivity contribution is 0.371. The van der Waals surface area contributed by atoms with Crippen molar-refractivity contribution in [2.45, 2.75) is 6.42 Å². The molecule has 10 heteroatoms. The van der Waals surface area contributed by atoms with Crippen LogP contribution in [0.2, 0.25) is 10.0 Å². The molecule has 8 nitrogen and oxygen atoms in total. The summed E-state index contributed by atoms with van der Waals surface area (Å²) in [5.41, 5.74) is 1.57. The molecule has 0 bridgehead atoms. The smallest absolute Gasteiger partial charge is 0.161 e. The lowest BCUT2D eigenvalue weighted by Gasteiger charge is -2.05. The Balaban J connectivity index is 0.000000191. The van der Waals surface area contributed by atoms with Gasteiger partial charge in [0.1, 0.15) is 34.8 Å². The topological polar surface area (TPSA) is 154 Å². The zero-order valence-electron chi connectivity index (χ0n) is 18.8. The lowest BCUT2D eigenvalue weighted by Crippen LogP contribution is -1.87. The monoisotopic (exact) mass is 520 g/mol. The van der Waals surface area contributed by atoms with Crippen LogP contribution in [-0.4, -0.2) is 27.4 Å². The van der Waals surface area contributed by atoms with Crippen LogP contribution in [0.15, 0.2) is 60.7 Å². The highest BCUT2D eigenvalue weighted by atomic mass is 35.5. The van der Waals surface area contributed by atoms with Crippen LogP contribution in [0.25, 0.3) is 10.9 Å². The number of fused-ring (bicyclic) bond motifs is 1. The Morgan fingerprint density at radius 1 is 0.889 bits per heavy atom. The van der Waals surface area contributed by atoms with E-state index in [0.717, 1.165) is 5.39 Å². The van der Waals surface area contributed by atoms with Crippen LogP contribution in [-0.2, 0) is 6.42 Å². The third-order valence-electron chi connectivity index (χ3n) is 4.52. The molecule has 0 unspecified atom stereocenters. The average molecular weight is 521 g/mol. The summed E-state index contributed by atoms with van der Waals surface area (Å²) in [6, 6.07) is 21.8. The first-order valence-corrected chi connectivity index (χ1v) is 10.8. The molecule has 1 aromatic heterocycles. The largest absolute Gasteiger partial charge is 0.508 e. The number of rotatable bonds is 2. The standard InChI is InChI=1S/C10H6N2O.C9H9NO2.C7H3Cl2NO/c11-6-8-5-4-7-2-1-3-9(13)10(7)12-8;1-12-8-4-2-3-7(5-6-10)9(8)11;8-6-1-4(11)2-7(9)5(6)3-10/h1-5,13H;2-4,11H,5H2,1H3;1-2,11H. The quantitative estimate of drug-likeness (QED) is 0.297. The number of hydrogen-bond donors (Lipinski definition) is 3. The Morgan fingerprint density at radius 2 is 1.56 bits per heavy atom. The van der Waals surface area contributed by atoms with Gasteiger partial charge in [-0.25, -0.2) is 4.98 Å². The maximum atomic E-state index is 9.44. The van der Waals surface area contributed by atoms with Crippen molar-refractivity contribution < 1.29 is 20.1 Å². The van der Waals surface area contributed by atoms with Gasteiger partial charge in [0, 0.05) is 10.9 Å². The number of pyridine rings is 1. The minimum absolute atomic E-state index is 0.0426. The molecule has 3 N–H and O–H groups in total. The Bertz CT molecular complexity index is 1480. The van der Waals surface area contributed by atoms with Crippen LogP contribution in [0.4, 0.5) is 0 Å². The van der Waals surface area contributed by atoms with Gasteiger partial charge in [0.2, 0.25) is 0 Å². The van der Waals surface area contributed by atoms with Crippen LogP contribution < -0.4 is 4.74 Å². The number of aromatic nitrogens is 1. The number of halogens is 2. The van der Waals surface area contributed by atoms with Crippen LogP contribution in [0.5, 0.6) is 23.0 Å². The summed E-state index contributed by atoms with van der Waals surface area (Å²) >= 11 is 11.1. The normalized spacial score (nSPS) is 9.33. The molecular weight excluding hydrogens is 503 g/mol. The molecule has 1 heterocycles. The van der Waals surface area contributed by atoms with Crippen molar-refractivity contribution >= 4 is 34.1 Å². The number of nitrogens with zero attached hydrogens (tertiary/aromatic N) is 4. The molecule has 180 valence electrons. The van der Waals surface area contributed by atoms with E-state index in [1.165, 1.54) is 19.2 Å². The van der Waals surface area contributed by atoms with E-state index < -0.39 is 0 Å². The van der Waals surface area contributed by atoms with Crippen LogP contribution in [0, 0.1) is 34.0 Å². The molecule has 0 aliphatic carbocycles. The highest BCUT2D eigenvalue weighted by Gasteiger charge is 2.06. The van der Waals surface area contributed by atoms with Gasteiger partial charge in [-0.1, -0.05) is 47.5 Å². The van der Waals surface area contributed by atoms with Crippen molar-refractivity contribution in [2.24, 2.45) is 0 Å². The number of nitriles is 3. The first-order chi connectivity index (χ1) is 17.2. The average Bonchev–Trinajstić information content (AvgIpc) is 2.86. The summed E-state index contributed by atoms with van der Waals surface area (Å²) < 4.78 is 4.87. The number of phenolic OH excluding ortho intramolecular Hbond substituents is 3. The fraction of sp³-hybridized carbons (Fsp3) is 0.0769. The maximum Gasteiger partial charge on any atom is 0.161 e. The van der Waals surface area contributed by atoms with Gasteiger partial charge in [-0.2, -0.15) is 15.8 Å². The zero-order valence-corrected chi connectivity index (χ0v) is 20.3. The SMILES string of the molecule is COc1cccc(CC#N)c1O.N#Cc1c(Cl)cc(O)cc1Cl.N#Cc1ccc2cccc(O)c2n1. The van der Waals surface area contributed by atoms with Crippen molar-refractivity contribution in [3.63, 3.8) is 0 Å². The fourth-order valence-corrected chi connectivity index (χ4v) is 3.38. The van der Waals surface area contributed by atoms with E-state index in [1.54, 1.807) is 42.5 Å². The zero-order chi connectivity index (χ0) is 26.7. The Morgan fingerprint density at radius 3 is 2.14 bits per heavy atom. The Hall–Kier alpha value is -4.68. The molecule has 4 rings (SSSR count). The summed E-state index contributed by atoms with van der Waals surface area (Å²) in [5.74, 6) is 0.526. The van der Waals surface area contributed by atoms with Crippen molar-refractivity contribution in [3.8, 4) is 41.2 Å². The first kappa shape index (κ1) is 27.6. The first-order valence-electron chi connectivity index (χ1n) is 10.0. The van der Waals surface area contributed by atoms with Gasteiger partial charge in [-0.15, -0.1) is 0 Å². The van der Waals surface area contributed by atoms with Crippen molar-refractivity contribution in [1.82, 2.24) is 4.98 Å². The van der Waals surface area contributed by atoms with Crippen molar-refractivity contribution in [3.05, 3.63) is 87.5 Å². The van der Waals surface area contributed by atoms with Gasteiger partial charge in [0.05, 0.1) is 35.2 Å². The molecule has 0 aliphatic rings. The minimum Gasteiger partial charge on any atom is -0.508 e. The van der Waals surface area contributed by atoms with Crippen LogP contribution in [0.1, 0.15) is 16.8 Å². The molecule has 0 saturated carbocycles. The second-order valence-electron chi connectivity index (χ2n) is 6.86. The van der Waals surface area contributed by atoms with E-state index in [4.69, 9.17) is 48.8 Å². The molecule has 0 aliphatic heterocycles. The maximum absolute atomic E-state index is 9.44. The molecule has 3 aromatic carbocycles. The highest BCUT2D eigenvalue weighted by molar-refractivity contribution is 6.36. The van der Waals surface area contributed by atoms with Gasteiger partial charge < -0.3 is 20.1 Å². The highest BCUT2D eigenvalue weighted by Crippen LogP contribution is 2.29. The second-order valence-corrected chi connectivity index (χ2v) is 7.67. The van der Waals surface area contributed by atoms with Gasteiger partial charge in [-0.05, 0) is 36.4 Å². The lowest BCUT2D eigenvalue weighted by atomic mass is 10.1. The Kier molecular flexibility index (Phi) is 10.2. The van der Waals surface area contributed by atoms with Crippen LogP contribution >= 0.6 is 23.2 Å². The number of benzene rings is 3. The van der Waals surface area contributed by atoms with Crippen LogP contribution in [0.3, 0.4) is 0 Å². The third-order valence-corrected chi connectivity index (χ3v) is 5.12. The minimum atomic E-state index is -0.0426. The number of hydrogen-bond acceptors (Lipinski definition) is 8. The summed E-state index contributed by atoms with van der Waals surface area (Å²) in [6.07, 6.45) is 0.197. The number of methoxy groups -OCH3 is 1. The third kappa shape index (κ3) is 7.16. The predicted molar refractivity (Wildman–Crippen MR) is 135 cm³/mol. The van der Waals surface area contributed by atoms with E-state index in [2.05, 4.69) is 4.98 Å². The summed E-state index contributed by atoms with van der Waals surface area (Å²) in [4.78, 5) is 3.98. The molecule has 4 aromatic rings. The summed E-state index contributed by atoms with van der Waals surface area (Å²) in [5, 5.41) is 54.4. The molecule has 0 saturated heterocycles. The molecule has 36 heavy (non-hydrogen) atoms. The van der Waals surface area contributed by atoms with E-state index in [1.807, 2.05) is 24.3 Å². The molecule has 0 amide bonds. The number of ether oxygens (including phenoxy) is 1. The van der Waals surface area contributed by atoms with E-state index in [9.17, 15) is 10.2 Å². The van der Waals surface area contributed by atoms with Gasteiger partial charge >= 0.3 is 0 Å². The van der Waals surface area contributed by atoms with Gasteiger partial charge in [-0.3, -0.25) is 0 Å². The number of aromatic hydroxyl groups is 3. The molecule has 0 fully saturated rings. The predicted octanol–water partition coefficient (Wildman–Crippen LogP) is 5.85. The Labute approximate surface area is 217 Å². The number of phenols is 3. The molecule has 0 atom stereocenters. The van der Waals surface area contributed by atoms with Gasteiger partial charge in [0.25, 0.3) is 0 Å². The van der Waals surface area contributed by atoms with Crippen molar-refractivity contribution in [2.75, 3.05) is 7.11 Å². The molecular formula is C26H18Cl2N4O4. The van der Waals surface area contributed by atoms with Crippen molar-refractivity contribution in [1.29, 1.82) is 15.8 Å². The summed E-state index contributed by atoms with van der Waals surface area (Å²) in [6.45, 7) is 0. The fourth-order valence-electron chi connectivity index (χ4n) is 2.82. The van der Waals surface area contributed by atoms with E-state index >= 15 is 0 Å². The molecule has 0 spiro atoms. The summed E-state index contributed by atoms with van der Waals surface area (Å²) in [7, 11) is 1.48. The second kappa shape index (κ2) is 13.3. The van der Waals surface area contributed by atoms with E-state index in [0.29, 0.717) is 22.5 Å². The van der Waals surface area contributed by atoms with Gasteiger partial charge in [0.15, 0.2) is 11.5 Å².